The van der Waals surface area contributed by atoms with Crippen LogP contribution in [0.4, 0.5) is 5.82 Å². The third-order valence-corrected chi connectivity index (χ3v) is 5.07. The molecule has 0 fully saturated rings. The first-order valence-electron chi connectivity index (χ1n) is 8.24. The first-order valence-corrected chi connectivity index (χ1v) is 8.24. The van der Waals surface area contributed by atoms with Crippen LogP contribution < -0.4 is 5.73 Å². The number of nitrogen functional groups attached to an aromatic ring is 1. The molecular formula is C18H21N3O. The van der Waals surface area contributed by atoms with E-state index in [4.69, 9.17) is 5.73 Å². The molecule has 1 aromatic heterocycles. The molecule has 2 aliphatic rings. The van der Waals surface area contributed by atoms with E-state index in [2.05, 4.69) is 17.2 Å². The van der Waals surface area contributed by atoms with Crippen molar-refractivity contribution >= 4 is 11.7 Å². The molecule has 22 heavy (non-hydrogen) atoms. The second-order valence-corrected chi connectivity index (χ2v) is 6.41. The minimum atomic E-state index is -0.103. The predicted octanol–water partition coefficient (Wildman–Crippen LogP) is 3.10. The lowest BCUT2D eigenvalue weighted by atomic mass is 9.82. The number of benzene rings is 1. The first-order chi connectivity index (χ1) is 10.8. The van der Waals surface area contributed by atoms with Gasteiger partial charge in [-0.25, -0.2) is 0 Å². The molecule has 0 bridgehead atoms. The van der Waals surface area contributed by atoms with Crippen molar-refractivity contribution in [2.24, 2.45) is 0 Å². The number of nitrogens with two attached hydrogens (primary N) is 1. The van der Waals surface area contributed by atoms with Crippen molar-refractivity contribution in [3.63, 3.8) is 0 Å². The van der Waals surface area contributed by atoms with Crippen molar-refractivity contribution < 1.29 is 4.79 Å². The molecule has 4 heteroatoms. The Kier molecular flexibility index (Phi) is 3.25. The summed E-state index contributed by atoms with van der Waals surface area (Å²) < 4.78 is 1.49. The van der Waals surface area contributed by atoms with Crippen LogP contribution in [0.5, 0.6) is 0 Å². The fourth-order valence-electron chi connectivity index (χ4n) is 3.90. The number of aromatic nitrogens is 2. The molecule has 0 spiro atoms. The lowest BCUT2D eigenvalue weighted by Crippen LogP contribution is -2.26. The van der Waals surface area contributed by atoms with Crippen molar-refractivity contribution in [1.82, 2.24) is 9.78 Å². The number of fused-ring (bicyclic) bond motifs is 2. The highest BCUT2D eigenvalue weighted by atomic mass is 16.2. The van der Waals surface area contributed by atoms with Gasteiger partial charge in [0.2, 0.25) is 0 Å². The molecule has 0 radical (unpaired) electrons. The van der Waals surface area contributed by atoms with E-state index in [1.165, 1.54) is 10.2 Å². The fourth-order valence-corrected chi connectivity index (χ4v) is 3.90. The van der Waals surface area contributed by atoms with Gasteiger partial charge in [0.05, 0.1) is 11.6 Å². The number of rotatable bonds is 1. The van der Waals surface area contributed by atoms with Crippen molar-refractivity contribution in [1.29, 1.82) is 0 Å². The molecular weight excluding hydrogens is 274 g/mol. The number of nitrogens with zero attached hydrogens (tertiary/aromatic N) is 2. The Labute approximate surface area is 130 Å². The van der Waals surface area contributed by atoms with Crippen LogP contribution in [0.25, 0.3) is 0 Å². The maximum Gasteiger partial charge on any atom is 0.256 e. The third kappa shape index (κ3) is 2.05. The highest BCUT2D eigenvalue weighted by molar-refractivity contribution is 5.88. The number of hydrogen-bond acceptors (Lipinski definition) is 3. The minimum absolute atomic E-state index is 0.0408. The van der Waals surface area contributed by atoms with E-state index in [1.54, 1.807) is 0 Å². The molecule has 1 aromatic carbocycles. The zero-order valence-corrected chi connectivity index (χ0v) is 12.7. The highest BCUT2D eigenvalue weighted by Crippen LogP contribution is 2.34. The van der Waals surface area contributed by atoms with E-state index in [1.807, 2.05) is 12.1 Å². The van der Waals surface area contributed by atoms with Crippen LogP contribution >= 0.6 is 0 Å². The monoisotopic (exact) mass is 295 g/mol. The van der Waals surface area contributed by atoms with Crippen LogP contribution in [0.15, 0.2) is 24.3 Å². The van der Waals surface area contributed by atoms with Crippen molar-refractivity contribution in [2.75, 3.05) is 5.73 Å². The molecule has 0 saturated heterocycles. The van der Waals surface area contributed by atoms with Gasteiger partial charge >= 0.3 is 0 Å². The van der Waals surface area contributed by atoms with Crippen LogP contribution in [0.1, 0.15) is 58.8 Å². The third-order valence-electron chi connectivity index (χ3n) is 5.07. The summed E-state index contributed by atoms with van der Waals surface area (Å²) in [5, 5.41) is 4.54. The molecule has 0 aliphatic heterocycles. The highest BCUT2D eigenvalue weighted by Gasteiger charge is 2.30. The molecule has 4 rings (SSSR count). The predicted molar refractivity (Wildman–Crippen MR) is 86.0 cm³/mol. The first kappa shape index (κ1) is 13.6. The SMILES string of the molecule is Nc1c2c(nn1C(=O)[C@@H]1CCCc3ccccc31)CCCC2. The van der Waals surface area contributed by atoms with Gasteiger partial charge in [-0.1, -0.05) is 24.3 Å². The topological polar surface area (TPSA) is 60.9 Å². The van der Waals surface area contributed by atoms with E-state index < -0.39 is 0 Å². The summed E-state index contributed by atoms with van der Waals surface area (Å²) in [6.45, 7) is 0. The maximum atomic E-state index is 13.0. The Bertz CT molecular complexity index is 732. The van der Waals surface area contributed by atoms with E-state index in [9.17, 15) is 4.79 Å². The van der Waals surface area contributed by atoms with Gasteiger partial charge in [0, 0.05) is 5.56 Å². The zero-order valence-electron chi connectivity index (χ0n) is 12.7. The Balaban J connectivity index is 1.73. The number of anilines is 1. The average molecular weight is 295 g/mol. The van der Waals surface area contributed by atoms with Gasteiger partial charge in [0.1, 0.15) is 5.82 Å². The Morgan fingerprint density at radius 3 is 2.82 bits per heavy atom. The quantitative estimate of drug-likeness (QED) is 0.879. The van der Waals surface area contributed by atoms with Gasteiger partial charge in [-0.15, -0.1) is 0 Å². The summed E-state index contributed by atoms with van der Waals surface area (Å²) in [7, 11) is 0. The van der Waals surface area contributed by atoms with E-state index in [0.29, 0.717) is 5.82 Å². The molecule has 0 unspecified atom stereocenters. The molecule has 0 amide bonds. The summed E-state index contributed by atoms with van der Waals surface area (Å²) in [4.78, 5) is 13.0. The van der Waals surface area contributed by atoms with Crippen LogP contribution in [0, 0.1) is 0 Å². The van der Waals surface area contributed by atoms with Gasteiger partial charge in [-0.05, 0) is 56.1 Å². The van der Waals surface area contributed by atoms with Gasteiger partial charge in [-0.3, -0.25) is 4.79 Å². The van der Waals surface area contributed by atoms with Crippen molar-refractivity contribution in [3.05, 3.63) is 46.6 Å². The zero-order chi connectivity index (χ0) is 15.1. The number of hydrogen-bond donors (Lipinski definition) is 1. The largest absolute Gasteiger partial charge is 0.383 e. The van der Waals surface area contributed by atoms with Crippen LogP contribution in [-0.4, -0.2) is 15.7 Å². The minimum Gasteiger partial charge on any atom is -0.383 e. The molecule has 2 aliphatic carbocycles. The van der Waals surface area contributed by atoms with Gasteiger partial charge in [0.25, 0.3) is 5.91 Å². The molecule has 4 nitrogen and oxygen atoms in total. The number of carbonyl (C=O) groups is 1. The molecule has 2 N–H and O–H groups in total. The Morgan fingerprint density at radius 2 is 1.95 bits per heavy atom. The normalized spacial score (nSPS) is 20.3. The van der Waals surface area contributed by atoms with E-state index in [0.717, 1.165) is 61.8 Å². The summed E-state index contributed by atoms with van der Waals surface area (Å²) in [6.07, 6.45) is 7.18. The van der Waals surface area contributed by atoms with Crippen molar-refractivity contribution in [2.45, 2.75) is 50.9 Å². The van der Waals surface area contributed by atoms with E-state index in [-0.39, 0.29) is 11.8 Å². The number of aryl methyl sites for hydroxylation is 2. The summed E-state index contributed by atoms with van der Waals surface area (Å²) in [5.74, 6) is 0.510. The summed E-state index contributed by atoms with van der Waals surface area (Å²) in [5.41, 5.74) is 10.8. The molecule has 2 aromatic rings. The second-order valence-electron chi connectivity index (χ2n) is 6.41. The maximum absolute atomic E-state index is 13.0. The fraction of sp³-hybridized carbons (Fsp3) is 0.444. The lowest BCUT2D eigenvalue weighted by Gasteiger charge is -2.24. The standard InChI is InChI=1S/C18H21N3O/c19-17-15-9-3-4-11-16(15)20-21(17)18(22)14-10-5-7-12-6-1-2-8-13(12)14/h1-2,6,8,14H,3-5,7,9-11,19H2/t14-/m1/s1. The Hall–Kier alpha value is -2.10. The smallest absolute Gasteiger partial charge is 0.256 e. The van der Waals surface area contributed by atoms with Crippen LogP contribution in [-0.2, 0) is 19.3 Å². The Morgan fingerprint density at radius 1 is 1.14 bits per heavy atom. The summed E-state index contributed by atoms with van der Waals surface area (Å²) >= 11 is 0. The molecule has 1 atom stereocenters. The average Bonchev–Trinajstić information content (AvgIpc) is 2.91. The second kappa shape index (κ2) is 5.27. The van der Waals surface area contributed by atoms with Gasteiger partial charge < -0.3 is 5.73 Å². The lowest BCUT2D eigenvalue weighted by molar-refractivity contribution is 0.0854. The van der Waals surface area contributed by atoms with Crippen LogP contribution in [0.2, 0.25) is 0 Å². The number of carbonyl (C=O) groups excluding carboxylic acids is 1. The van der Waals surface area contributed by atoms with Gasteiger partial charge in [-0.2, -0.15) is 9.78 Å². The molecule has 1 heterocycles. The molecule has 114 valence electrons. The van der Waals surface area contributed by atoms with E-state index >= 15 is 0 Å². The summed E-state index contributed by atoms with van der Waals surface area (Å²) in [6, 6.07) is 8.28. The van der Waals surface area contributed by atoms with Crippen molar-refractivity contribution in [3.8, 4) is 0 Å². The van der Waals surface area contributed by atoms with Crippen LogP contribution in [0.3, 0.4) is 0 Å². The molecule has 0 saturated carbocycles. The van der Waals surface area contributed by atoms with Gasteiger partial charge in [0.15, 0.2) is 0 Å².